The quantitative estimate of drug-likeness (QED) is 0.330. The van der Waals surface area contributed by atoms with Crippen molar-refractivity contribution in [2.24, 2.45) is 0 Å². The van der Waals surface area contributed by atoms with Gasteiger partial charge in [0.15, 0.2) is 10.1 Å². The van der Waals surface area contributed by atoms with Gasteiger partial charge in [0.2, 0.25) is 5.13 Å². The van der Waals surface area contributed by atoms with E-state index in [1.807, 2.05) is 55.5 Å². The van der Waals surface area contributed by atoms with E-state index in [1.165, 1.54) is 23.1 Å². The molecule has 27 heavy (non-hydrogen) atoms. The number of carbonyl (C=O) groups excluding carboxylic acids is 1. The van der Waals surface area contributed by atoms with E-state index in [0.717, 1.165) is 25.9 Å². The summed E-state index contributed by atoms with van der Waals surface area (Å²) >= 11 is 9.01. The fourth-order valence-corrected chi connectivity index (χ4v) is 4.65. The predicted molar refractivity (Wildman–Crippen MR) is 110 cm³/mol. The van der Waals surface area contributed by atoms with Crippen molar-refractivity contribution in [3.63, 3.8) is 0 Å². The number of furan rings is 1. The van der Waals surface area contributed by atoms with E-state index in [-0.39, 0.29) is 11.7 Å². The van der Waals surface area contributed by atoms with E-state index >= 15 is 0 Å². The third-order valence-electron chi connectivity index (χ3n) is 3.99. The van der Waals surface area contributed by atoms with Crippen LogP contribution >= 0.6 is 34.7 Å². The molecule has 2 aromatic carbocycles. The molecule has 1 amide bonds. The van der Waals surface area contributed by atoms with Crippen molar-refractivity contribution in [3.8, 4) is 0 Å². The number of fused-ring (bicyclic) bond motifs is 1. The number of halogens is 1. The number of nitrogens with one attached hydrogen (secondary N) is 1. The summed E-state index contributed by atoms with van der Waals surface area (Å²) in [6.45, 7) is 1.87. The van der Waals surface area contributed by atoms with Crippen LogP contribution in [-0.4, -0.2) is 16.1 Å². The number of amides is 1. The number of benzene rings is 2. The Kier molecular flexibility index (Phi) is 5.15. The highest BCUT2D eigenvalue weighted by Crippen LogP contribution is 2.31. The van der Waals surface area contributed by atoms with Crippen molar-refractivity contribution < 1.29 is 9.21 Å². The Morgan fingerprint density at radius 3 is 2.78 bits per heavy atom. The Labute approximate surface area is 168 Å². The lowest BCUT2D eigenvalue weighted by atomic mass is 10.1. The van der Waals surface area contributed by atoms with Crippen molar-refractivity contribution in [2.75, 3.05) is 5.32 Å². The number of thioether (sulfide) groups is 1. The topological polar surface area (TPSA) is 68.0 Å². The molecule has 1 N–H and O–H groups in total. The SMILES string of the molecule is Cc1c(C(=O)Nc2nnc(SCc3ccccc3Cl)s2)oc2ccccc12. The molecule has 0 atom stereocenters. The zero-order chi connectivity index (χ0) is 18.8. The predicted octanol–water partition coefficient (Wildman–Crippen LogP) is 5.79. The van der Waals surface area contributed by atoms with Crippen LogP contribution in [0.5, 0.6) is 0 Å². The van der Waals surface area contributed by atoms with Gasteiger partial charge in [0.1, 0.15) is 5.58 Å². The summed E-state index contributed by atoms with van der Waals surface area (Å²) in [6.07, 6.45) is 0. The van der Waals surface area contributed by atoms with E-state index in [9.17, 15) is 4.79 Å². The van der Waals surface area contributed by atoms with Crippen LogP contribution in [0.3, 0.4) is 0 Å². The van der Waals surface area contributed by atoms with Gasteiger partial charge in [-0.15, -0.1) is 10.2 Å². The average molecular weight is 416 g/mol. The number of para-hydroxylation sites is 1. The first-order valence-electron chi connectivity index (χ1n) is 8.11. The van der Waals surface area contributed by atoms with E-state index < -0.39 is 0 Å². The molecular weight excluding hydrogens is 402 g/mol. The summed E-state index contributed by atoms with van der Waals surface area (Å²) in [6, 6.07) is 15.2. The second-order valence-electron chi connectivity index (χ2n) is 5.76. The van der Waals surface area contributed by atoms with Crippen LogP contribution in [0.25, 0.3) is 11.0 Å². The van der Waals surface area contributed by atoms with Crippen molar-refractivity contribution in [1.29, 1.82) is 0 Å². The zero-order valence-electron chi connectivity index (χ0n) is 14.2. The lowest BCUT2D eigenvalue weighted by Gasteiger charge is -2.00. The number of aromatic nitrogens is 2. The van der Waals surface area contributed by atoms with Gasteiger partial charge >= 0.3 is 0 Å². The summed E-state index contributed by atoms with van der Waals surface area (Å²) in [5.74, 6) is 0.643. The molecule has 0 aliphatic carbocycles. The normalized spacial score (nSPS) is 11.0. The van der Waals surface area contributed by atoms with Crippen LogP contribution in [-0.2, 0) is 5.75 Å². The van der Waals surface area contributed by atoms with Crippen LogP contribution in [0.2, 0.25) is 5.02 Å². The smallest absolute Gasteiger partial charge is 0.293 e. The number of hydrogen-bond acceptors (Lipinski definition) is 6. The Morgan fingerprint density at radius 1 is 1.19 bits per heavy atom. The molecular formula is C19H14ClN3O2S2. The summed E-state index contributed by atoms with van der Waals surface area (Å²) in [7, 11) is 0. The van der Waals surface area contributed by atoms with E-state index in [4.69, 9.17) is 16.0 Å². The minimum absolute atomic E-state index is 0.289. The Balaban J connectivity index is 1.45. The van der Waals surface area contributed by atoms with Gasteiger partial charge < -0.3 is 4.42 Å². The van der Waals surface area contributed by atoms with Gasteiger partial charge in [-0.1, -0.05) is 71.1 Å². The van der Waals surface area contributed by atoms with Crippen LogP contribution < -0.4 is 5.32 Å². The van der Waals surface area contributed by atoms with Gasteiger partial charge in [0.25, 0.3) is 5.91 Å². The van der Waals surface area contributed by atoms with Gasteiger partial charge in [-0.2, -0.15) is 0 Å². The molecule has 5 nitrogen and oxygen atoms in total. The van der Waals surface area contributed by atoms with Crippen molar-refractivity contribution >= 4 is 56.7 Å². The minimum Gasteiger partial charge on any atom is -0.451 e. The molecule has 0 aliphatic heterocycles. The maximum atomic E-state index is 12.5. The average Bonchev–Trinajstić information content (AvgIpc) is 3.26. The third kappa shape index (κ3) is 3.85. The van der Waals surface area contributed by atoms with E-state index in [0.29, 0.717) is 16.5 Å². The molecule has 0 fully saturated rings. The summed E-state index contributed by atoms with van der Waals surface area (Å²) in [4.78, 5) is 12.5. The molecule has 0 saturated carbocycles. The molecule has 0 radical (unpaired) electrons. The van der Waals surface area contributed by atoms with Crippen molar-refractivity contribution in [3.05, 3.63) is 70.4 Å². The Morgan fingerprint density at radius 2 is 1.96 bits per heavy atom. The molecule has 2 heterocycles. The number of anilines is 1. The highest BCUT2D eigenvalue weighted by molar-refractivity contribution is 8.00. The first-order valence-corrected chi connectivity index (χ1v) is 10.3. The first kappa shape index (κ1) is 18.0. The van der Waals surface area contributed by atoms with Gasteiger partial charge in [-0.05, 0) is 24.6 Å². The highest BCUT2D eigenvalue weighted by atomic mass is 35.5. The van der Waals surface area contributed by atoms with Crippen LogP contribution in [0.1, 0.15) is 21.7 Å². The lowest BCUT2D eigenvalue weighted by Crippen LogP contribution is -2.11. The van der Waals surface area contributed by atoms with Gasteiger partial charge in [-0.3, -0.25) is 10.1 Å². The maximum absolute atomic E-state index is 12.5. The summed E-state index contributed by atoms with van der Waals surface area (Å²) < 4.78 is 6.44. The minimum atomic E-state index is -0.331. The van der Waals surface area contributed by atoms with E-state index in [1.54, 1.807) is 0 Å². The zero-order valence-corrected chi connectivity index (χ0v) is 16.6. The molecule has 4 aromatic rings. The van der Waals surface area contributed by atoms with Crippen LogP contribution in [0.4, 0.5) is 5.13 Å². The standard InChI is InChI=1S/C19H14ClN3O2S2/c1-11-13-7-3-5-9-15(13)25-16(11)17(24)21-18-22-23-19(27-18)26-10-12-6-2-4-8-14(12)20/h2-9H,10H2,1H3,(H,21,22,24). The number of hydrogen-bond donors (Lipinski definition) is 1. The van der Waals surface area contributed by atoms with Crippen LogP contribution in [0, 0.1) is 6.92 Å². The Bertz CT molecular complexity index is 1120. The molecule has 136 valence electrons. The lowest BCUT2D eigenvalue weighted by molar-refractivity contribution is 0.0998. The number of nitrogens with zero attached hydrogens (tertiary/aromatic N) is 2. The third-order valence-corrected chi connectivity index (χ3v) is 6.38. The molecule has 0 bridgehead atoms. The first-order chi connectivity index (χ1) is 13.1. The second kappa shape index (κ2) is 7.72. The van der Waals surface area contributed by atoms with Crippen molar-refractivity contribution in [2.45, 2.75) is 17.0 Å². The number of carbonyl (C=O) groups is 1. The molecule has 4 rings (SSSR count). The highest BCUT2D eigenvalue weighted by Gasteiger charge is 2.19. The monoisotopic (exact) mass is 415 g/mol. The Hall–Kier alpha value is -2.35. The number of aryl methyl sites for hydroxylation is 1. The van der Waals surface area contributed by atoms with Crippen molar-refractivity contribution in [1.82, 2.24) is 10.2 Å². The molecule has 2 aromatic heterocycles. The summed E-state index contributed by atoms with van der Waals surface area (Å²) in [5, 5.41) is 13.0. The molecule has 0 unspecified atom stereocenters. The van der Waals surface area contributed by atoms with Crippen LogP contribution in [0.15, 0.2) is 57.3 Å². The summed E-state index contributed by atoms with van der Waals surface area (Å²) in [5.41, 5.74) is 2.53. The van der Waals surface area contributed by atoms with E-state index in [2.05, 4.69) is 15.5 Å². The molecule has 0 aliphatic rings. The van der Waals surface area contributed by atoms with Gasteiger partial charge in [0.05, 0.1) is 0 Å². The van der Waals surface area contributed by atoms with Gasteiger partial charge in [0, 0.05) is 21.7 Å². The van der Waals surface area contributed by atoms with Gasteiger partial charge in [-0.25, -0.2) is 0 Å². The maximum Gasteiger partial charge on any atom is 0.293 e. The molecule has 0 saturated heterocycles. The second-order valence-corrected chi connectivity index (χ2v) is 8.37. The largest absolute Gasteiger partial charge is 0.451 e. The fraction of sp³-hybridized carbons (Fsp3) is 0.105. The molecule has 8 heteroatoms. The molecule has 0 spiro atoms. The fourth-order valence-electron chi connectivity index (χ4n) is 2.62. The number of rotatable bonds is 5.